The molecule has 1 aromatic heterocycles. The lowest BCUT2D eigenvalue weighted by Gasteiger charge is -2.32. The highest BCUT2D eigenvalue weighted by atomic mass is 16.5. The first-order valence-corrected chi connectivity index (χ1v) is 9.26. The lowest BCUT2D eigenvalue weighted by molar-refractivity contribution is 0.0701. The van der Waals surface area contributed by atoms with E-state index in [1.165, 1.54) is 0 Å². The summed E-state index contributed by atoms with van der Waals surface area (Å²) in [5.41, 5.74) is 2.94. The molecule has 0 unspecified atom stereocenters. The molecule has 8 nitrogen and oxygen atoms in total. The largest absolute Gasteiger partial charge is 0.445 e. The summed E-state index contributed by atoms with van der Waals surface area (Å²) in [5, 5.41) is 13.5. The fraction of sp³-hybridized carbons (Fsp3) is 0.300. The van der Waals surface area contributed by atoms with Gasteiger partial charge < -0.3 is 15.0 Å². The molecule has 1 fully saturated rings. The van der Waals surface area contributed by atoms with Crippen LogP contribution >= 0.6 is 0 Å². The number of aromatic amines is 1. The molecule has 3 aromatic rings. The lowest BCUT2D eigenvalue weighted by atomic mass is 10.0. The van der Waals surface area contributed by atoms with Gasteiger partial charge in [0.25, 0.3) is 5.91 Å². The average molecular weight is 379 g/mol. The summed E-state index contributed by atoms with van der Waals surface area (Å²) in [7, 11) is 0. The Hall–Kier alpha value is -3.42. The summed E-state index contributed by atoms with van der Waals surface area (Å²) in [6.45, 7) is 1.41. The second-order valence-corrected chi connectivity index (χ2v) is 6.80. The molecule has 1 aliphatic heterocycles. The van der Waals surface area contributed by atoms with Crippen molar-refractivity contribution >= 4 is 23.0 Å². The Kier molecular flexibility index (Phi) is 5.18. The number of benzene rings is 2. The van der Waals surface area contributed by atoms with E-state index in [1.54, 1.807) is 23.1 Å². The number of fused-ring (bicyclic) bond motifs is 1. The Labute approximate surface area is 161 Å². The van der Waals surface area contributed by atoms with Crippen LogP contribution in [-0.2, 0) is 11.3 Å². The van der Waals surface area contributed by atoms with Gasteiger partial charge in [0.2, 0.25) is 0 Å². The van der Waals surface area contributed by atoms with E-state index >= 15 is 0 Å². The molecule has 2 aromatic carbocycles. The van der Waals surface area contributed by atoms with Crippen LogP contribution in [0.2, 0.25) is 0 Å². The molecule has 0 saturated carbocycles. The van der Waals surface area contributed by atoms with Crippen molar-refractivity contribution in [3.8, 4) is 0 Å². The predicted octanol–water partition coefficient (Wildman–Crippen LogP) is 2.49. The number of rotatable bonds is 4. The van der Waals surface area contributed by atoms with Gasteiger partial charge in [-0.15, -0.1) is 0 Å². The third-order valence-corrected chi connectivity index (χ3v) is 4.88. The molecule has 1 aliphatic rings. The van der Waals surface area contributed by atoms with Crippen LogP contribution in [0.1, 0.15) is 28.8 Å². The molecule has 1 saturated heterocycles. The van der Waals surface area contributed by atoms with Gasteiger partial charge in [-0.3, -0.25) is 4.79 Å². The molecule has 0 atom stereocenters. The SMILES string of the molecule is O=C(NC1CCN(C(=O)c2ccc3n[nH]nc3c2)CC1)OCc1ccccc1. The maximum atomic E-state index is 12.7. The van der Waals surface area contributed by atoms with Crippen molar-refractivity contribution in [2.24, 2.45) is 0 Å². The fourth-order valence-corrected chi connectivity index (χ4v) is 3.31. The Morgan fingerprint density at radius 1 is 1.07 bits per heavy atom. The number of nitrogens with zero attached hydrogens (tertiary/aromatic N) is 3. The van der Waals surface area contributed by atoms with Crippen LogP contribution in [0.25, 0.3) is 11.0 Å². The summed E-state index contributed by atoms with van der Waals surface area (Å²) >= 11 is 0. The second kappa shape index (κ2) is 8.08. The zero-order valence-corrected chi connectivity index (χ0v) is 15.3. The number of alkyl carbamates (subject to hydrolysis) is 1. The Balaban J connectivity index is 1.25. The summed E-state index contributed by atoms with van der Waals surface area (Å²) in [5.74, 6) is -0.0324. The number of amides is 2. The van der Waals surface area contributed by atoms with Gasteiger partial charge in [-0.1, -0.05) is 30.3 Å². The van der Waals surface area contributed by atoms with Crippen molar-refractivity contribution < 1.29 is 14.3 Å². The van der Waals surface area contributed by atoms with E-state index in [-0.39, 0.29) is 18.6 Å². The van der Waals surface area contributed by atoms with Gasteiger partial charge in [0.15, 0.2) is 0 Å². The first-order chi connectivity index (χ1) is 13.7. The smallest absolute Gasteiger partial charge is 0.407 e. The van der Waals surface area contributed by atoms with E-state index in [1.807, 2.05) is 30.3 Å². The molecule has 0 bridgehead atoms. The maximum absolute atomic E-state index is 12.7. The van der Waals surface area contributed by atoms with Gasteiger partial charge in [0.05, 0.1) is 0 Å². The van der Waals surface area contributed by atoms with Crippen molar-refractivity contribution in [3.63, 3.8) is 0 Å². The molecule has 0 radical (unpaired) electrons. The fourth-order valence-electron chi connectivity index (χ4n) is 3.31. The summed E-state index contributed by atoms with van der Waals surface area (Å²) in [6, 6.07) is 14.8. The van der Waals surface area contributed by atoms with E-state index < -0.39 is 6.09 Å². The van der Waals surface area contributed by atoms with Crippen LogP contribution in [0, 0.1) is 0 Å². The summed E-state index contributed by atoms with van der Waals surface area (Å²) < 4.78 is 5.26. The van der Waals surface area contributed by atoms with Crippen LogP contribution < -0.4 is 5.32 Å². The number of aromatic nitrogens is 3. The lowest BCUT2D eigenvalue weighted by Crippen LogP contribution is -2.46. The maximum Gasteiger partial charge on any atom is 0.407 e. The van der Waals surface area contributed by atoms with Crippen molar-refractivity contribution in [1.82, 2.24) is 25.6 Å². The summed E-state index contributed by atoms with van der Waals surface area (Å²) in [4.78, 5) is 26.5. The minimum Gasteiger partial charge on any atom is -0.445 e. The third-order valence-electron chi connectivity index (χ3n) is 4.88. The van der Waals surface area contributed by atoms with Crippen LogP contribution in [-0.4, -0.2) is 51.4 Å². The number of carbonyl (C=O) groups is 2. The minimum absolute atomic E-state index is 0.00495. The van der Waals surface area contributed by atoms with Crippen molar-refractivity contribution in [2.75, 3.05) is 13.1 Å². The first-order valence-electron chi connectivity index (χ1n) is 9.26. The van der Waals surface area contributed by atoms with Crippen LogP contribution in [0.3, 0.4) is 0 Å². The normalized spacial score (nSPS) is 14.8. The van der Waals surface area contributed by atoms with E-state index in [0.717, 1.165) is 11.1 Å². The molecule has 0 aliphatic carbocycles. The molecule has 8 heteroatoms. The Morgan fingerprint density at radius 3 is 2.61 bits per heavy atom. The molecule has 0 spiro atoms. The molecule has 4 rings (SSSR count). The number of H-pyrrole nitrogens is 1. The number of hydrogen-bond donors (Lipinski definition) is 2. The monoisotopic (exact) mass is 379 g/mol. The molecule has 144 valence electrons. The van der Waals surface area contributed by atoms with Crippen LogP contribution in [0.4, 0.5) is 4.79 Å². The molecule has 2 heterocycles. The quantitative estimate of drug-likeness (QED) is 0.725. The van der Waals surface area contributed by atoms with Crippen LogP contribution in [0.15, 0.2) is 48.5 Å². The van der Waals surface area contributed by atoms with Gasteiger partial charge >= 0.3 is 6.09 Å². The van der Waals surface area contributed by atoms with Gasteiger partial charge in [-0.05, 0) is 36.6 Å². The second-order valence-electron chi connectivity index (χ2n) is 6.80. The third kappa shape index (κ3) is 4.11. The molecule has 2 N–H and O–H groups in total. The molecular weight excluding hydrogens is 358 g/mol. The highest BCUT2D eigenvalue weighted by Crippen LogP contribution is 2.17. The van der Waals surface area contributed by atoms with Gasteiger partial charge in [0.1, 0.15) is 17.6 Å². The molecule has 2 amide bonds. The molecule has 28 heavy (non-hydrogen) atoms. The van der Waals surface area contributed by atoms with Crippen molar-refractivity contribution in [2.45, 2.75) is 25.5 Å². The summed E-state index contributed by atoms with van der Waals surface area (Å²) in [6.07, 6.45) is 0.960. The van der Waals surface area contributed by atoms with Gasteiger partial charge in [0, 0.05) is 24.7 Å². The number of hydrogen-bond acceptors (Lipinski definition) is 5. The van der Waals surface area contributed by atoms with Crippen molar-refractivity contribution in [1.29, 1.82) is 0 Å². The van der Waals surface area contributed by atoms with E-state index in [2.05, 4.69) is 20.7 Å². The number of carbonyl (C=O) groups excluding carboxylic acids is 2. The van der Waals surface area contributed by atoms with E-state index in [0.29, 0.717) is 37.0 Å². The van der Waals surface area contributed by atoms with Gasteiger partial charge in [-0.2, -0.15) is 15.4 Å². The van der Waals surface area contributed by atoms with E-state index in [9.17, 15) is 9.59 Å². The number of nitrogens with one attached hydrogen (secondary N) is 2. The number of piperidine rings is 1. The predicted molar refractivity (Wildman–Crippen MR) is 103 cm³/mol. The zero-order valence-electron chi connectivity index (χ0n) is 15.3. The highest BCUT2D eigenvalue weighted by molar-refractivity contribution is 5.97. The Morgan fingerprint density at radius 2 is 1.82 bits per heavy atom. The van der Waals surface area contributed by atoms with E-state index in [4.69, 9.17) is 4.74 Å². The molecular formula is C20H21N5O3. The average Bonchev–Trinajstić information content (AvgIpc) is 3.21. The van der Waals surface area contributed by atoms with Crippen LogP contribution in [0.5, 0.6) is 0 Å². The first kappa shape index (κ1) is 18.0. The number of ether oxygens (including phenoxy) is 1. The highest BCUT2D eigenvalue weighted by Gasteiger charge is 2.25. The standard InChI is InChI=1S/C20H21N5O3/c26-19(15-6-7-17-18(12-15)23-24-22-17)25-10-8-16(9-11-25)21-20(27)28-13-14-4-2-1-3-5-14/h1-7,12,16H,8-11,13H2,(H,21,27)(H,22,23,24). The minimum atomic E-state index is -0.426. The zero-order chi connectivity index (χ0) is 19.3. The number of likely N-dealkylation sites (tertiary alicyclic amines) is 1. The Bertz CT molecular complexity index is 964. The van der Waals surface area contributed by atoms with Gasteiger partial charge in [-0.25, -0.2) is 4.79 Å². The van der Waals surface area contributed by atoms with Crippen molar-refractivity contribution in [3.05, 3.63) is 59.7 Å². The topological polar surface area (TPSA) is 100 Å².